The van der Waals surface area contributed by atoms with Crippen molar-refractivity contribution in [2.45, 2.75) is 32.4 Å². The van der Waals surface area contributed by atoms with E-state index in [2.05, 4.69) is 0 Å². The van der Waals surface area contributed by atoms with E-state index < -0.39 is 0 Å². The molecule has 0 spiro atoms. The Hall–Kier alpha value is -2.74. The van der Waals surface area contributed by atoms with Crippen LogP contribution in [-0.4, -0.2) is 55.0 Å². The van der Waals surface area contributed by atoms with E-state index in [-0.39, 0.29) is 30.4 Å². The maximum atomic E-state index is 13.9. The number of methoxy groups -OCH3 is 2. The maximum Gasteiger partial charge on any atom is 0.262 e. The summed E-state index contributed by atoms with van der Waals surface area (Å²) in [7, 11) is 3.01. The van der Waals surface area contributed by atoms with Crippen LogP contribution in [0.3, 0.4) is 0 Å². The number of halogens is 2. The van der Waals surface area contributed by atoms with Crippen LogP contribution in [0.25, 0.3) is 0 Å². The number of rotatable bonds is 7. The van der Waals surface area contributed by atoms with Gasteiger partial charge in [-0.1, -0.05) is 35.3 Å². The second kappa shape index (κ2) is 11.1. The van der Waals surface area contributed by atoms with Crippen LogP contribution >= 0.6 is 34.5 Å². The van der Waals surface area contributed by atoms with Crippen molar-refractivity contribution in [3.8, 4) is 11.5 Å². The zero-order chi connectivity index (χ0) is 26.0. The van der Waals surface area contributed by atoms with Crippen molar-refractivity contribution < 1.29 is 19.1 Å². The van der Waals surface area contributed by atoms with Gasteiger partial charge in [0.25, 0.3) is 5.91 Å². The van der Waals surface area contributed by atoms with Gasteiger partial charge in [0.05, 0.1) is 20.3 Å². The van der Waals surface area contributed by atoms with Gasteiger partial charge in [0.2, 0.25) is 5.91 Å². The summed E-state index contributed by atoms with van der Waals surface area (Å²) in [6, 6.07) is 12.0. The molecule has 4 rings (SSSR count). The lowest BCUT2D eigenvalue weighted by atomic mass is 9.93. The standard InChI is InChI=1S/C27H28Cl2N2O4S/c1-16(2)31(27(33)25-21(34-3)6-5-7-22(25)35-4)15-24(32)30-12-10-23-19(11-13-36-23)26(30)18-9-8-17(28)14-20(18)29/h5-9,11,13-14,16,26H,10,12,15H2,1-4H3. The Labute approximate surface area is 225 Å². The monoisotopic (exact) mass is 546 g/mol. The van der Waals surface area contributed by atoms with E-state index in [0.29, 0.717) is 33.7 Å². The minimum atomic E-state index is -0.359. The van der Waals surface area contributed by atoms with Crippen molar-refractivity contribution in [1.29, 1.82) is 0 Å². The molecule has 0 fully saturated rings. The minimum absolute atomic E-state index is 0.0983. The molecule has 1 atom stereocenters. The normalized spacial score (nSPS) is 15.0. The number of carbonyl (C=O) groups excluding carboxylic acids is 2. The van der Waals surface area contributed by atoms with Crippen LogP contribution in [0.2, 0.25) is 10.0 Å². The molecule has 1 unspecified atom stereocenters. The third kappa shape index (κ3) is 5.05. The van der Waals surface area contributed by atoms with Crippen LogP contribution in [0.1, 0.15) is 46.3 Å². The van der Waals surface area contributed by atoms with Gasteiger partial charge >= 0.3 is 0 Å². The van der Waals surface area contributed by atoms with Crippen LogP contribution in [0.15, 0.2) is 47.8 Å². The Morgan fingerprint density at radius 3 is 2.39 bits per heavy atom. The van der Waals surface area contributed by atoms with Gasteiger partial charge in [0.15, 0.2) is 0 Å². The largest absolute Gasteiger partial charge is 0.496 e. The lowest BCUT2D eigenvalue weighted by Crippen LogP contribution is -2.48. The van der Waals surface area contributed by atoms with Gasteiger partial charge in [-0.25, -0.2) is 0 Å². The number of hydrogen-bond acceptors (Lipinski definition) is 5. The second-order valence-corrected chi connectivity index (χ2v) is 10.6. The van der Waals surface area contributed by atoms with E-state index in [1.54, 1.807) is 46.6 Å². The predicted octanol–water partition coefficient (Wildman–Crippen LogP) is 6.10. The molecule has 36 heavy (non-hydrogen) atoms. The smallest absolute Gasteiger partial charge is 0.262 e. The number of hydrogen-bond donors (Lipinski definition) is 0. The summed E-state index contributed by atoms with van der Waals surface area (Å²) in [5, 5.41) is 3.07. The minimum Gasteiger partial charge on any atom is -0.496 e. The third-order valence-electron chi connectivity index (χ3n) is 6.37. The fourth-order valence-corrected chi connectivity index (χ4v) is 5.99. The molecule has 0 bridgehead atoms. The number of fused-ring (bicyclic) bond motifs is 1. The Kier molecular flexibility index (Phi) is 8.13. The van der Waals surface area contributed by atoms with E-state index in [1.165, 1.54) is 19.1 Å². The molecule has 1 aromatic heterocycles. The molecule has 0 N–H and O–H groups in total. The van der Waals surface area contributed by atoms with Gasteiger partial charge in [-0.3, -0.25) is 9.59 Å². The maximum absolute atomic E-state index is 13.9. The van der Waals surface area contributed by atoms with E-state index in [9.17, 15) is 9.59 Å². The number of amides is 2. The number of thiophene rings is 1. The molecule has 2 heterocycles. The summed E-state index contributed by atoms with van der Waals surface area (Å²) in [4.78, 5) is 32.2. The molecule has 190 valence electrons. The molecule has 9 heteroatoms. The van der Waals surface area contributed by atoms with Gasteiger partial charge in [0.1, 0.15) is 23.6 Å². The Balaban J connectivity index is 1.69. The van der Waals surface area contributed by atoms with E-state index in [4.69, 9.17) is 32.7 Å². The lowest BCUT2D eigenvalue weighted by Gasteiger charge is -2.38. The zero-order valence-electron chi connectivity index (χ0n) is 20.6. The molecule has 0 saturated carbocycles. The van der Waals surface area contributed by atoms with Gasteiger partial charge < -0.3 is 19.3 Å². The number of carbonyl (C=O) groups is 2. The fourth-order valence-electron chi connectivity index (χ4n) is 4.57. The summed E-state index contributed by atoms with van der Waals surface area (Å²) < 4.78 is 10.9. The first-order valence-electron chi connectivity index (χ1n) is 11.6. The number of benzene rings is 2. The lowest BCUT2D eigenvalue weighted by molar-refractivity contribution is -0.134. The van der Waals surface area contributed by atoms with Crippen molar-refractivity contribution >= 4 is 46.4 Å². The highest BCUT2D eigenvalue weighted by atomic mass is 35.5. The summed E-state index contributed by atoms with van der Waals surface area (Å²) in [5.41, 5.74) is 2.15. The Bertz CT molecular complexity index is 1250. The highest BCUT2D eigenvalue weighted by Crippen LogP contribution is 2.41. The van der Waals surface area contributed by atoms with Crippen molar-refractivity contribution in [1.82, 2.24) is 9.80 Å². The second-order valence-electron chi connectivity index (χ2n) is 8.77. The SMILES string of the molecule is COc1cccc(OC)c1C(=O)N(CC(=O)N1CCc2sccc2C1c1ccc(Cl)cc1Cl)C(C)C. The quantitative estimate of drug-likeness (QED) is 0.359. The summed E-state index contributed by atoms with van der Waals surface area (Å²) in [6.45, 7) is 4.19. The zero-order valence-corrected chi connectivity index (χ0v) is 22.9. The average molecular weight is 548 g/mol. The molecule has 1 aliphatic rings. The van der Waals surface area contributed by atoms with Crippen molar-refractivity contribution in [2.24, 2.45) is 0 Å². The molecule has 0 saturated heterocycles. The van der Waals surface area contributed by atoms with Crippen LogP contribution in [0.4, 0.5) is 0 Å². The highest BCUT2D eigenvalue weighted by molar-refractivity contribution is 7.10. The van der Waals surface area contributed by atoms with E-state index >= 15 is 0 Å². The molecule has 2 aromatic carbocycles. The summed E-state index contributed by atoms with van der Waals surface area (Å²) >= 11 is 14.4. The van der Waals surface area contributed by atoms with Gasteiger partial charge in [-0.05, 0) is 67.1 Å². The first-order valence-corrected chi connectivity index (χ1v) is 13.2. The fraction of sp³-hybridized carbons (Fsp3) is 0.333. The number of ether oxygens (including phenoxy) is 2. The molecule has 1 aliphatic heterocycles. The van der Waals surface area contributed by atoms with Crippen LogP contribution in [-0.2, 0) is 11.2 Å². The molecule has 0 aliphatic carbocycles. The van der Waals surface area contributed by atoms with Crippen LogP contribution in [0, 0.1) is 0 Å². The third-order valence-corrected chi connectivity index (χ3v) is 7.93. The van der Waals surface area contributed by atoms with Crippen molar-refractivity contribution in [2.75, 3.05) is 27.3 Å². The molecule has 2 amide bonds. The van der Waals surface area contributed by atoms with E-state index in [1.807, 2.05) is 36.3 Å². The Morgan fingerprint density at radius 2 is 1.78 bits per heavy atom. The highest BCUT2D eigenvalue weighted by Gasteiger charge is 2.36. The number of nitrogens with zero attached hydrogens (tertiary/aromatic N) is 2. The average Bonchev–Trinajstić information content (AvgIpc) is 3.34. The molecular weight excluding hydrogens is 519 g/mol. The van der Waals surface area contributed by atoms with Crippen LogP contribution in [0.5, 0.6) is 11.5 Å². The molecular formula is C27H28Cl2N2O4S. The van der Waals surface area contributed by atoms with E-state index in [0.717, 1.165) is 17.5 Å². The van der Waals surface area contributed by atoms with Gasteiger partial charge in [-0.15, -0.1) is 11.3 Å². The molecule has 3 aromatic rings. The summed E-state index contributed by atoms with van der Waals surface area (Å²) in [6.07, 6.45) is 0.746. The van der Waals surface area contributed by atoms with Crippen molar-refractivity contribution in [3.05, 3.63) is 79.5 Å². The first kappa shape index (κ1) is 26.3. The van der Waals surface area contributed by atoms with Gasteiger partial charge in [-0.2, -0.15) is 0 Å². The molecule has 0 radical (unpaired) electrons. The van der Waals surface area contributed by atoms with Crippen molar-refractivity contribution in [3.63, 3.8) is 0 Å². The topological polar surface area (TPSA) is 59.1 Å². The first-order chi connectivity index (χ1) is 17.3. The van der Waals surface area contributed by atoms with Crippen LogP contribution < -0.4 is 9.47 Å². The predicted molar refractivity (Wildman–Crippen MR) is 144 cm³/mol. The van der Waals surface area contributed by atoms with Gasteiger partial charge in [0, 0.05) is 27.5 Å². The Morgan fingerprint density at radius 1 is 1.08 bits per heavy atom. The molecule has 6 nitrogen and oxygen atoms in total. The summed E-state index contributed by atoms with van der Waals surface area (Å²) in [5.74, 6) is 0.286.